The van der Waals surface area contributed by atoms with Gasteiger partial charge in [0.15, 0.2) is 0 Å². The van der Waals surface area contributed by atoms with Gasteiger partial charge in [0.2, 0.25) is 0 Å². The second-order valence-electron chi connectivity index (χ2n) is 4.67. The molecule has 0 bridgehead atoms. The monoisotopic (exact) mass is 332 g/mol. The van der Waals surface area contributed by atoms with Crippen molar-refractivity contribution in [2.24, 2.45) is 0 Å². The Morgan fingerprint density at radius 2 is 1.85 bits per heavy atom. The minimum atomic E-state index is -0.0861. The second-order valence-corrected chi connectivity index (χ2v) is 5.52. The lowest BCUT2D eigenvalue weighted by atomic mass is 10.1. The van der Waals surface area contributed by atoms with E-state index in [0.29, 0.717) is 12.2 Å². The van der Waals surface area contributed by atoms with Crippen LogP contribution in [0.1, 0.15) is 28.5 Å². The van der Waals surface area contributed by atoms with Gasteiger partial charge >= 0.3 is 0 Å². The van der Waals surface area contributed by atoms with Crippen molar-refractivity contribution < 1.29 is 4.79 Å². The Bertz CT molecular complexity index is 596. The summed E-state index contributed by atoms with van der Waals surface area (Å²) >= 11 is 3.36. The summed E-state index contributed by atoms with van der Waals surface area (Å²) in [4.78, 5) is 18.1. The molecule has 2 aromatic rings. The maximum atomic E-state index is 12.3. The predicted molar refractivity (Wildman–Crippen MR) is 83.6 cm³/mol. The molecule has 0 atom stereocenters. The highest BCUT2D eigenvalue weighted by molar-refractivity contribution is 9.10. The highest BCUT2D eigenvalue weighted by atomic mass is 79.9. The van der Waals surface area contributed by atoms with Crippen LogP contribution < -0.4 is 0 Å². The van der Waals surface area contributed by atoms with Crippen LogP contribution in [0.3, 0.4) is 0 Å². The van der Waals surface area contributed by atoms with Crippen molar-refractivity contribution in [1.82, 2.24) is 9.88 Å². The largest absolute Gasteiger partial charge is 0.336 e. The number of carbonyl (C=O) groups excluding carboxylic acids is 1. The van der Waals surface area contributed by atoms with Gasteiger partial charge in [-0.3, -0.25) is 4.79 Å². The molecule has 4 heteroatoms. The van der Waals surface area contributed by atoms with Crippen molar-refractivity contribution in [3.63, 3.8) is 0 Å². The van der Waals surface area contributed by atoms with Crippen molar-refractivity contribution in [3.05, 3.63) is 63.9 Å². The van der Waals surface area contributed by atoms with E-state index >= 15 is 0 Å². The van der Waals surface area contributed by atoms with Gasteiger partial charge in [-0.25, -0.2) is 4.98 Å². The predicted octanol–water partition coefficient (Wildman–Crippen LogP) is 3.68. The van der Waals surface area contributed by atoms with Gasteiger partial charge in [0.25, 0.3) is 5.91 Å². The van der Waals surface area contributed by atoms with Crippen LogP contribution in [0, 0.1) is 0 Å². The first-order valence-corrected chi connectivity index (χ1v) is 7.35. The number of halogens is 1. The molecule has 0 aliphatic heterocycles. The Kier molecular flexibility index (Phi) is 4.90. The maximum absolute atomic E-state index is 12.3. The number of hydrogen-bond acceptors (Lipinski definition) is 2. The molecule has 0 radical (unpaired) electrons. The highest BCUT2D eigenvalue weighted by Crippen LogP contribution is 2.16. The normalized spacial score (nSPS) is 10.3. The smallest absolute Gasteiger partial charge is 0.273 e. The quantitative estimate of drug-likeness (QED) is 0.855. The summed E-state index contributed by atoms with van der Waals surface area (Å²) in [5, 5.41) is 0. The molecule has 0 saturated heterocycles. The van der Waals surface area contributed by atoms with E-state index in [1.165, 1.54) is 5.56 Å². The zero-order valence-electron chi connectivity index (χ0n) is 11.6. The molecule has 0 aliphatic carbocycles. The van der Waals surface area contributed by atoms with E-state index in [1.54, 1.807) is 24.2 Å². The van der Waals surface area contributed by atoms with Crippen LogP contribution in [-0.4, -0.2) is 22.8 Å². The average Bonchev–Trinajstić information content (AvgIpc) is 2.48. The van der Waals surface area contributed by atoms with Crippen LogP contribution >= 0.6 is 15.9 Å². The van der Waals surface area contributed by atoms with Gasteiger partial charge in [-0.05, 0) is 45.6 Å². The van der Waals surface area contributed by atoms with Crippen molar-refractivity contribution in [2.45, 2.75) is 19.9 Å². The standard InChI is InChI=1S/C16H17BrN2O/c1-3-12-6-8-13(9-7-12)11-19(2)16(20)15-14(17)5-4-10-18-15/h4-10H,3,11H2,1-2H3. The van der Waals surface area contributed by atoms with Crippen molar-refractivity contribution in [3.8, 4) is 0 Å². The minimum absolute atomic E-state index is 0.0861. The Balaban J connectivity index is 2.09. The summed E-state index contributed by atoms with van der Waals surface area (Å²) in [6.07, 6.45) is 2.65. The molecule has 1 aromatic heterocycles. The summed E-state index contributed by atoms with van der Waals surface area (Å²) in [6, 6.07) is 12.0. The number of benzene rings is 1. The number of aromatic nitrogens is 1. The summed E-state index contributed by atoms with van der Waals surface area (Å²) < 4.78 is 0.721. The Labute approximate surface area is 127 Å². The number of hydrogen-bond donors (Lipinski definition) is 0. The van der Waals surface area contributed by atoms with Crippen molar-refractivity contribution in [2.75, 3.05) is 7.05 Å². The SMILES string of the molecule is CCc1ccc(CN(C)C(=O)c2ncccc2Br)cc1. The lowest BCUT2D eigenvalue weighted by Crippen LogP contribution is -2.27. The molecule has 2 rings (SSSR count). The fraction of sp³-hybridized carbons (Fsp3) is 0.250. The van der Waals surface area contributed by atoms with Crippen LogP contribution in [0.5, 0.6) is 0 Å². The summed E-state index contributed by atoms with van der Waals surface area (Å²) in [7, 11) is 1.79. The van der Waals surface area contributed by atoms with Crippen molar-refractivity contribution >= 4 is 21.8 Å². The molecule has 0 N–H and O–H groups in total. The number of aryl methyl sites for hydroxylation is 1. The number of carbonyl (C=O) groups is 1. The third kappa shape index (κ3) is 3.45. The molecular formula is C16H17BrN2O. The number of rotatable bonds is 4. The van der Waals surface area contributed by atoms with E-state index in [1.807, 2.05) is 6.07 Å². The van der Waals surface area contributed by atoms with Crippen molar-refractivity contribution in [1.29, 1.82) is 0 Å². The first-order chi connectivity index (χ1) is 9.61. The second kappa shape index (κ2) is 6.66. The van der Waals surface area contributed by atoms with Crippen LogP contribution in [0.4, 0.5) is 0 Å². The molecule has 0 unspecified atom stereocenters. The molecule has 1 aromatic carbocycles. The van der Waals surface area contributed by atoms with Gasteiger partial charge in [0, 0.05) is 24.3 Å². The number of nitrogens with zero attached hydrogens (tertiary/aromatic N) is 2. The average molecular weight is 333 g/mol. The van der Waals surface area contributed by atoms with E-state index in [9.17, 15) is 4.79 Å². The lowest BCUT2D eigenvalue weighted by Gasteiger charge is -2.17. The van der Waals surface area contributed by atoms with Crippen LogP contribution in [-0.2, 0) is 13.0 Å². The molecule has 0 fully saturated rings. The topological polar surface area (TPSA) is 33.2 Å². The fourth-order valence-corrected chi connectivity index (χ4v) is 2.37. The van der Waals surface area contributed by atoms with Crippen LogP contribution in [0.25, 0.3) is 0 Å². The Morgan fingerprint density at radius 1 is 1.20 bits per heavy atom. The zero-order chi connectivity index (χ0) is 14.5. The first kappa shape index (κ1) is 14.7. The van der Waals surface area contributed by atoms with Gasteiger partial charge in [-0.1, -0.05) is 31.2 Å². The molecule has 20 heavy (non-hydrogen) atoms. The summed E-state index contributed by atoms with van der Waals surface area (Å²) in [5.41, 5.74) is 2.86. The highest BCUT2D eigenvalue weighted by Gasteiger charge is 2.16. The molecule has 104 valence electrons. The third-order valence-corrected chi connectivity index (χ3v) is 3.80. The van der Waals surface area contributed by atoms with Crippen LogP contribution in [0.2, 0.25) is 0 Å². The number of amides is 1. The van der Waals surface area contributed by atoms with E-state index in [-0.39, 0.29) is 5.91 Å². The Hall–Kier alpha value is -1.68. The zero-order valence-corrected chi connectivity index (χ0v) is 13.2. The summed E-state index contributed by atoms with van der Waals surface area (Å²) in [5.74, 6) is -0.0861. The fourth-order valence-electron chi connectivity index (χ4n) is 1.95. The molecule has 3 nitrogen and oxygen atoms in total. The molecule has 1 amide bonds. The molecule has 1 heterocycles. The minimum Gasteiger partial charge on any atom is -0.336 e. The molecule has 0 spiro atoms. The summed E-state index contributed by atoms with van der Waals surface area (Å²) in [6.45, 7) is 2.70. The molecule has 0 saturated carbocycles. The molecular weight excluding hydrogens is 316 g/mol. The lowest BCUT2D eigenvalue weighted by molar-refractivity contribution is 0.0778. The van der Waals surface area contributed by atoms with Crippen LogP contribution in [0.15, 0.2) is 47.1 Å². The van der Waals surface area contributed by atoms with E-state index in [4.69, 9.17) is 0 Å². The van der Waals surface area contributed by atoms with E-state index < -0.39 is 0 Å². The van der Waals surface area contributed by atoms with Gasteiger partial charge in [-0.15, -0.1) is 0 Å². The first-order valence-electron chi connectivity index (χ1n) is 6.55. The number of pyridine rings is 1. The van der Waals surface area contributed by atoms with E-state index in [2.05, 4.69) is 52.1 Å². The van der Waals surface area contributed by atoms with Gasteiger partial charge in [-0.2, -0.15) is 0 Å². The molecule has 0 aliphatic rings. The van der Waals surface area contributed by atoms with Gasteiger partial charge < -0.3 is 4.90 Å². The third-order valence-electron chi connectivity index (χ3n) is 3.16. The van der Waals surface area contributed by atoms with Gasteiger partial charge in [0.05, 0.1) is 0 Å². The maximum Gasteiger partial charge on any atom is 0.273 e. The van der Waals surface area contributed by atoms with Gasteiger partial charge in [0.1, 0.15) is 5.69 Å². The van der Waals surface area contributed by atoms with E-state index in [0.717, 1.165) is 16.5 Å². The Morgan fingerprint density at radius 3 is 2.45 bits per heavy atom.